The van der Waals surface area contributed by atoms with E-state index < -0.39 is 0 Å². The van der Waals surface area contributed by atoms with E-state index in [1.807, 2.05) is 0 Å². The van der Waals surface area contributed by atoms with Crippen molar-refractivity contribution in [3.63, 3.8) is 0 Å². The molecule has 1 heterocycles. The van der Waals surface area contributed by atoms with Gasteiger partial charge in [-0.3, -0.25) is 4.90 Å². The van der Waals surface area contributed by atoms with Gasteiger partial charge in [-0.2, -0.15) is 0 Å². The van der Waals surface area contributed by atoms with Crippen molar-refractivity contribution in [2.45, 2.75) is 38.8 Å². The molecule has 2 aromatic rings. The summed E-state index contributed by atoms with van der Waals surface area (Å²) in [6, 6.07) is 20.6. The lowest BCUT2D eigenvalue weighted by molar-refractivity contribution is 0.155. The highest BCUT2D eigenvalue weighted by molar-refractivity contribution is 5.21. The van der Waals surface area contributed by atoms with Gasteiger partial charge in [0, 0.05) is 19.1 Å². The highest BCUT2D eigenvalue weighted by atomic mass is 15.2. The Bertz CT molecular complexity index is 571. The molecule has 0 aliphatic carbocycles. The van der Waals surface area contributed by atoms with Gasteiger partial charge in [0.2, 0.25) is 0 Å². The smallest absolute Gasteiger partial charge is 0.0236 e. The molecular weight excluding hydrogens is 280 g/mol. The number of nitrogens with zero attached hydrogens (tertiary/aromatic N) is 1. The molecule has 0 amide bonds. The summed E-state index contributed by atoms with van der Waals surface area (Å²) >= 11 is 0. The number of benzene rings is 2. The second-order valence-electron chi connectivity index (χ2n) is 6.67. The molecule has 122 valence electrons. The molecule has 1 saturated heterocycles. The highest BCUT2D eigenvalue weighted by Crippen LogP contribution is 2.17. The van der Waals surface area contributed by atoms with Gasteiger partial charge >= 0.3 is 0 Å². The van der Waals surface area contributed by atoms with E-state index >= 15 is 0 Å². The van der Waals surface area contributed by atoms with E-state index in [-0.39, 0.29) is 0 Å². The lowest BCUT2D eigenvalue weighted by Gasteiger charge is -2.35. The Balaban J connectivity index is 1.66. The van der Waals surface area contributed by atoms with Gasteiger partial charge in [-0.05, 0) is 50.4 Å². The first-order chi connectivity index (χ1) is 11.3. The minimum absolute atomic E-state index is 0.710. The van der Waals surface area contributed by atoms with E-state index in [2.05, 4.69) is 71.7 Å². The zero-order valence-corrected chi connectivity index (χ0v) is 14.2. The Morgan fingerprint density at radius 2 is 1.61 bits per heavy atom. The number of hydrogen-bond acceptors (Lipinski definition) is 2. The third-order valence-corrected chi connectivity index (χ3v) is 4.86. The quantitative estimate of drug-likeness (QED) is 0.873. The van der Waals surface area contributed by atoms with Crippen LogP contribution in [0.25, 0.3) is 0 Å². The molecule has 1 fully saturated rings. The summed E-state index contributed by atoms with van der Waals surface area (Å²) in [5.74, 6) is 0. The minimum atomic E-state index is 0.710. The van der Waals surface area contributed by atoms with Crippen LogP contribution < -0.4 is 5.32 Å². The maximum Gasteiger partial charge on any atom is 0.0236 e. The number of nitrogens with one attached hydrogen (secondary N) is 1. The van der Waals surface area contributed by atoms with E-state index in [0.717, 1.165) is 32.6 Å². The van der Waals surface area contributed by atoms with Crippen LogP contribution in [-0.2, 0) is 13.0 Å². The van der Waals surface area contributed by atoms with Crippen LogP contribution in [0.3, 0.4) is 0 Å². The summed E-state index contributed by atoms with van der Waals surface area (Å²) in [6.07, 6.45) is 3.66. The van der Waals surface area contributed by atoms with Crippen molar-refractivity contribution in [3.05, 3.63) is 71.3 Å². The average Bonchev–Trinajstić information content (AvgIpc) is 2.62. The van der Waals surface area contributed by atoms with Gasteiger partial charge in [-0.15, -0.1) is 0 Å². The molecule has 0 saturated carbocycles. The third-order valence-electron chi connectivity index (χ3n) is 4.86. The summed E-state index contributed by atoms with van der Waals surface area (Å²) in [6.45, 7) is 6.67. The lowest BCUT2D eigenvalue weighted by atomic mass is 10.0. The minimum Gasteiger partial charge on any atom is -0.317 e. The van der Waals surface area contributed by atoms with Gasteiger partial charge in [0.1, 0.15) is 0 Å². The first-order valence-corrected chi connectivity index (χ1v) is 8.85. The van der Waals surface area contributed by atoms with Crippen LogP contribution in [0.4, 0.5) is 0 Å². The Kier molecular flexibility index (Phi) is 5.84. The molecule has 0 atom stereocenters. The fraction of sp³-hybridized carbons (Fsp3) is 0.429. The molecule has 0 spiro atoms. The second kappa shape index (κ2) is 8.28. The molecular formula is C21H28N2. The first-order valence-electron chi connectivity index (χ1n) is 8.85. The van der Waals surface area contributed by atoms with Crippen molar-refractivity contribution in [3.8, 4) is 0 Å². The Morgan fingerprint density at radius 1 is 0.913 bits per heavy atom. The Labute approximate surface area is 140 Å². The maximum atomic E-state index is 3.49. The van der Waals surface area contributed by atoms with Gasteiger partial charge in [0.05, 0.1) is 0 Å². The highest BCUT2D eigenvalue weighted by Gasteiger charge is 2.20. The molecule has 1 aliphatic rings. The van der Waals surface area contributed by atoms with Crippen LogP contribution in [0.1, 0.15) is 29.5 Å². The Morgan fingerprint density at radius 3 is 2.30 bits per heavy atom. The molecule has 0 radical (unpaired) electrons. The van der Waals surface area contributed by atoms with Crippen molar-refractivity contribution in [2.24, 2.45) is 0 Å². The predicted octanol–water partition coefficient (Wildman–Crippen LogP) is 3.79. The molecule has 0 unspecified atom stereocenters. The molecule has 2 heteroatoms. The molecule has 2 nitrogen and oxygen atoms in total. The summed E-state index contributed by atoms with van der Waals surface area (Å²) in [7, 11) is 0. The number of aryl methyl sites for hydroxylation is 1. The van der Waals surface area contributed by atoms with Crippen LogP contribution >= 0.6 is 0 Å². The fourth-order valence-corrected chi connectivity index (χ4v) is 3.41. The molecule has 1 N–H and O–H groups in total. The van der Waals surface area contributed by atoms with Gasteiger partial charge < -0.3 is 5.32 Å². The fourth-order valence-electron chi connectivity index (χ4n) is 3.41. The Hall–Kier alpha value is -1.64. The summed E-state index contributed by atoms with van der Waals surface area (Å²) in [4.78, 5) is 2.69. The van der Waals surface area contributed by atoms with Crippen LogP contribution in [0, 0.1) is 6.92 Å². The molecule has 0 bridgehead atoms. The zero-order chi connectivity index (χ0) is 15.9. The van der Waals surface area contributed by atoms with Crippen LogP contribution in [0.2, 0.25) is 0 Å². The van der Waals surface area contributed by atoms with E-state index in [4.69, 9.17) is 0 Å². The van der Waals surface area contributed by atoms with E-state index in [9.17, 15) is 0 Å². The molecule has 23 heavy (non-hydrogen) atoms. The first kappa shape index (κ1) is 16.2. The van der Waals surface area contributed by atoms with E-state index in [0.29, 0.717) is 6.04 Å². The standard InChI is InChI=1S/C21H28N2/c1-18-7-9-20(10-8-18)17-23(21-11-14-22-15-12-21)16-13-19-5-3-2-4-6-19/h2-10,21-22H,11-17H2,1H3. The molecule has 3 rings (SSSR count). The van der Waals surface area contributed by atoms with Gasteiger partial charge in [-0.1, -0.05) is 60.2 Å². The zero-order valence-electron chi connectivity index (χ0n) is 14.2. The van der Waals surface area contributed by atoms with Gasteiger partial charge in [0.25, 0.3) is 0 Å². The van der Waals surface area contributed by atoms with Crippen molar-refractivity contribution in [2.75, 3.05) is 19.6 Å². The number of rotatable bonds is 6. The van der Waals surface area contributed by atoms with Crippen LogP contribution in [-0.4, -0.2) is 30.6 Å². The normalized spacial score (nSPS) is 15.9. The van der Waals surface area contributed by atoms with Crippen molar-refractivity contribution < 1.29 is 0 Å². The molecule has 0 aromatic heterocycles. The number of hydrogen-bond donors (Lipinski definition) is 1. The maximum absolute atomic E-state index is 3.49. The topological polar surface area (TPSA) is 15.3 Å². The molecule has 1 aliphatic heterocycles. The average molecular weight is 308 g/mol. The van der Waals surface area contributed by atoms with E-state index in [1.165, 1.54) is 29.5 Å². The van der Waals surface area contributed by atoms with E-state index in [1.54, 1.807) is 0 Å². The summed E-state index contributed by atoms with van der Waals surface area (Å²) < 4.78 is 0. The van der Waals surface area contributed by atoms with Crippen molar-refractivity contribution in [1.82, 2.24) is 10.2 Å². The monoisotopic (exact) mass is 308 g/mol. The largest absolute Gasteiger partial charge is 0.317 e. The van der Waals surface area contributed by atoms with Crippen LogP contribution in [0.15, 0.2) is 54.6 Å². The SMILES string of the molecule is Cc1ccc(CN(CCc2ccccc2)C2CCNCC2)cc1. The summed E-state index contributed by atoms with van der Waals surface area (Å²) in [5, 5.41) is 3.49. The summed E-state index contributed by atoms with van der Waals surface area (Å²) in [5.41, 5.74) is 4.21. The third kappa shape index (κ3) is 4.92. The van der Waals surface area contributed by atoms with Crippen molar-refractivity contribution in [1.29, 1.82) is 0 Å². The second-order valence-corrected chi connectivity index (χ2v) is 6.67. The predicted molar refractivity (Wildman–Crippen MR) is 97.6 cm³/mol. The van der Waals surface area contributed by atoms with Crippen molar-refractivity contribution >= 4 is 0 Å². The molecule has 2 aromatic carbocycles. The van der Waals surface area contributed by atoms with Crippen LogP contribution in [0.5, 0.6) is 0 Å². The van der Waals surface area contributed by atoms with Gasteiger partial charge in [-0.25, -0.2) is 0 Å². The van der Waals surface area contributed by atoms with Gasteiger partial charge in [0.15, 0.2) is 0 Å². The number of piperidine rings is 1. The lowest BCUT2D eigenvalue weighted by Crippen LogP contribution is -2.43.